The zero-order chi connectivity index (χ0) is 18.6. The van der Waals surface area contributed by atoms with Gasteiger partial charge in [-0.1, -0.05) is 27.7 Å². The number of rotatable bonds is 3. The van der Waals surface area contributed by atoms with Crippen molar-refractivity contribution in [1.82, 2.24) is 0 Å². The van der Waals surface area contributed by atoms with Gasteiger partial charge in [-0.15, -0.1) is 0 Å². The summed E-state index contributed by atoms with van der Waals surface area (Å²) in [6, 6.07) is 1.52. The molecule has 1 saturated carbocycles. The molecule has 0 amide bonds. The Morgan fingerprint density at radius 1 is 1.32 bits per heavy atom. The van der Waals surface area contributed by atoms with Crippen molar-refractivity contribution >= 4 is 5.78 Å². The lowest BCUT2D eigenvalue weighted by molar-refractivity contribution is -0.0820. The average Bonchev–Trinajstić information content (AvgIpc) is 2.51. The van der Waals surface area contributed by atoms with Gasteiger partial charge in [0.2, 0.25) is 0 Å². The minimum absolute atomic E-state index is 0.0499. The van der Waals surface area contributed by atoms with Gasteiger partial charge in [0, 0.05) is 23.5 Å². The molecule has 4 heteroatoms. The summed E-state index contributed by atoms with van der Waals surface area (Å²) in [5, 5.41) is 21.2. The number of carbonyl (C=O) groups excluding carboxylic acids is 1. The minimum atomic E-state index is -0.296. The molecule has 4 nitrogen and oxygen atoms in total. The molecule has 0 aromatic heterocycles. The van der Waals surface area contributed by atoms with E-state index in [-0.39, 0.29) is 45.7 Å². The van der Waals surface area contributed by atoms with Crippen LogP contribution in [0.4, 0.5) is 0 Å². The van der Waals surface area contributed by atoms with Crippen LogP contribution in [0.15, 0.2) is 6.07 Å². The first-order chi connectivity index (χ1) is 11.6. The van der Waals surface area contributed by atoms with E-state index in [9.17, 15) is 15.0 Å². The fraction of sp³-hybridized carbons (Fsp3) is 0.667. The molecule has 138 valence electrons. The van der Waals surface area contributed by atoms with Gasteiger partial charge in [-0.3, -0.25) is 4.79 Å². The fourth-order valence-electron chi connectivity index (χ4n) is 4.78. The van der Waals surface area contributed by atoms with Gasteiger partial charge in [0.05, 0.1) is 0 Å². The molecular weight excluding hydrogens is 316 g/mol. The average molecular weight is 346 g/mol. The van der Waals surface area contributed by atoms with E-state index in [0.717, 1.165) is 19.3 Å². The molecule has 3 rings (SSSR count). The van der Waals surface area contributed by atoms with Gasteiger partial charge in [0.15, 0.2) is 5.78 Å². The maximum absolute atomic E-state index is 12.6. The van der Waals surface area contributed by atoms with Gasteiger partial charge >= 0.3 is 0 Å². The first kappa shape index (κ1) is 18.1. The number of hydrogen-bond donors (Lipinski definition) is 2. The molecule has 0 unspecified atom stereocenters. The second kappa shape index (κ2) is 5.93. The molecule has 2 aliphatic rings. The molecule has 3 atom stereocenters. The summed E-state index contributed by atoms with van der Waals surface area (Å²) in [5.41, 5.74) is 0.530. The molecule has 1 aliphatic carbocycles. The van der Waals surface area contributed by atoms with Crippen LogP contribution in [-0.2, 0) is 6.42 Å². The fourth-order valence-corrected chi connectivity index (χ4v) is 4.78. The molecule has 0 spiro atoms. The van der Waals surface area contributed by atoms with Crippen molar-refractivity contribution in [3.8, 4) is 17.2 Å². The Hall–Kier alpha value is -1.71. The lowest BCUT2D eigenvalue weighted by atomic mass is 9.59. The Kier molecular flexibility index (Phi) is 4.29. The van der Waals surface area contributed by atoms with Crippen LogP contribution in [-0.4, -0.2) is 21.6 Å². The maximum Gasteiger partial charge on any atom is 0.173 e. The number of phenols is 2. The summed E-state index contributed by atoms with van der Waals surface area (Å²) >= 11 is 0. The Bertz CT molecular complexity index is 706. The van der Waals surface area contributed by atoms with Crippen molar-refractivity contribution in [3.05, 3.63) is 17.2 Å². The molecule has 1 aromatic carbocycles. The van der Waals surface area contributed by atoms with Gasteiger partial charge in [0.25, 0.3) is 0 Å². The van der Waals surface area contributed by atoms with Crippen molar-refractivity contribution in [2.45, 2.75) is 72.3 Å². The molecule has 1 heterocycles. The summed E-state index contributed by atoms with van der Waals surface area (Å²) in [5.74, 6) is 0.0603. The number of fused-ring (bicyclic) bond motifs is 2. The number of carbonyl (C=O) groups is 1. The van der Waals surface area contributed by atoms with E-state index in [1.54, 1.807) is 0 Å². The van der Waals surface area contributed by atoms with Gasteiger partial charge in [-0.25, -0.2) is 0 Å². The van der Waals surface area contributed by atoms with Gasteiger partial charge in [-0.2, -0.15) is 0 Å². The quantitative estimate of drug-likeness (QED) is 0.768. The molecular formula is C21H30O4. The van der Waals surface area contributed by atoms with Crippen LogP contribution in [0.1, 0.15) is 76.2 Å². The van der Waals surface area contributed by atoms with Gasteiger partial charge in [-0.05, 0) is 44.4 Å². The van der Waals surface area contributed by atoms with Crippen molar-refractivity contribution in [2.75, 3.05) is 0 Å². The number of benzene rings is 1. The Morgan fingerprint density at radius 3 is 2.64 bits per heavy atom. The van der Waals surface area contributed by atoms with Crippen LogP contribution in [0, 0.1) is 17.3 Å². The van der Waals surface area contributed by atoms with Crippen LogP contribution < -0.4 is 4.74 Å². The van der Waals surface area contributed by atoms with Crippen LogP contribution in [0.25, 0.3) is 0 Å². The monoisotopic (exact) mass is 346 g/mol. The topological polar surface area (TPSA) is 66.8 Å². The predicted octanol–water partition coefficient (Wildman–Crippen LogP) is 4.85. The zero-order valence-electron chi connectivity index (χ0n) is 16.0. The smallest absolute Gasteiger partial charge is 0.173 e. The van der Waals surface area contributed by atoms with Crippen LogP contribution in [0.3, 0.4) is 0 Å². The summed E-state index contributed by atoms with van der Waals surface area (Å²) < 4.78 is 6.31. The molecule has 25 heavy (non-hydrogen) atoms. The third-order valence-electron chi connectivity index (χ3n) is 6.58. The van der Waals surface area contributed by atoms with Gasteiger partial charge in [0.1, 0.15) is 28.4 Å². The van der Waals surface area contributed by atoms with E-state index < -0.39 is 0 Å². The second-order valence-electron chi connectivity index (χ2n) is 8.78. The van der Waals surface area contributed by atoms with Crippen LogP contribution >= 0.6 is 0 Å². The lowest BCUT2D eigenvalue weighted by Crippen LogP contribution is -2.53. The highest BCUT2D eigenvalue weighted by Gasteiger charge is 2.51. The summed E-state index contributed by atoms with van der Waals surface area (Å²) in [7, 11) is 0. The largest absolute Gasteiger partial charge is 0.507 e. The molecule has 1 fully saturated rings. The summed E-state index contributed by atoms with van der Waals surface area (Å²) in [6.07, 6.45) is 4.54. The van der Waals surface area contributed by atoms with Crippen molar-refractivity contribution in [2.24, 2.45) is 17.3 Å². The molecule has 0 saturated heterocycles. The number of phenolic OH excluding ortho intramolecular Hbond substituents is 2. The number of Topliss-reactive ketones (excluding diaryl/α,β-unsaturated/α-hetero) is 1. The van der Waals surface area contributed by atoms with Crippen molar-refractivity contribution < 1.29 is 19.7 Å². The van der Waals surface area contributed by atoms with Crippen LogP contribution in [0.5, 0.6) is 17.2 Å². The van der Waals surface area contributed by atoms with E-state index in [1.807, 2.05) is 13.8 Å². The van der Waals surface area contributed by atoms with E-state index in [0.29, 0.717) is 24.2 Å². The third-order valence-corrected chi connectivity index (χ3v) is 6.58. The first-order valence-electron chi connectivity index (χ1n) is 9.41. The molecule has 1 aromatic rings. The molecule has 2 N–H and O–H groups in total. The van der Waals surface area contributed by atoms with Crippen LogP contribution in [0.2, 0.25) is 0 Å². The summed E-state index contributed by atoms with van der Waals surface area (Å²) in [6.45, 7) is 10.4. The standard InChI is InChI=1S/C21H30O4/c1-6-12(2)18(23)17-14(22)11-15-13(19(17)24)10-16-20(3,4)8-7-9-21(16,5)25-15/h11-12,16,22,24H,6-10H2,1-5H3/t12-,16+,21+/m0/s1. The van der Waals surface area contributed by atoms with E-state index in [2.05, 4.69) is 20.8 Å². The number of aromatic hydroxyl groups is 2. The molecule has 0 bridgehead atoms. The Morgan fingerprint density at radius 2 is 2.00 bits per heavy atom. The molecule has 1 aliphatic heterocycles. The predicted molar refractivity (Wildman–Crippen MR) is 97.4 cm³/mol. The lowest BCUT2D eigenvalue weighted by Gasteiger charge is -2.53. The van der Waals surface area contributed by atoms with Gasteiger partial charge < -0.3 is 14.9 Å². The first-order valence-corrected chi connectivity index (χ1v) is 9.41. The number of ether oxygens (including phenoxy) is 1. The summed E-state index contributed by atoms with van der Waals surface area (Å²) in [4.78, 5) is 12.6. The minimum Gasteiger partial charge on any atom is -0.507 e. The number of hydrogen-bond acceptors (Lipinski definition) is 4. The zero-order valence-corrected chi connectivity index (χ0v) is 16.0. The molecule has 0 radical (unpaired) electrons. The normalized spacial score (nSPS) is 28.4. The third kappa shape index (κ3) is 2.80. The van der Waals surface area contributed by atoms with E-state index in [4.69, 9.17) is 4.74 Å². The SMILES string of the molecule is CC[C@H](C)C(=O)c1c(O)cc2c(c1O)C[C@@H]1C(C)(C)CCC[C@@]1(C)O2. The highest BCUT2D eigenvalue weighted by atomic mass is 16.5. The van der Waals surface area contributed by atoms with E-state index in [1.165, 1.54) is 6.07 Å². The highest BCUT2D eigenvalue weighted by molar-refractivity contribution is 6.03. The second-order valence-corrected chi connectivity index (χ2v) is 8.78. The Labute approximate surface area is 150 Å². The van der Waals surface area contributed by atoms with E-state index >= 15 is 0 Å². The maximum atomic E-state index is 12.6. The highest BCUT2D eigenvalue weighted by Crippen LogP contribution is 2.55. The van der Waals surface area contributed by atoms with Crippen molar-refractivity contribution in [3.63, 3.8) is 0 Å². The van der Waals surface area contributed by atoms with Crippen molar-refractivity contribution in [1.29, 1.82) is 0 Å². The number of ketones is 1. The Balaban J connectivity index is 2.09.